The number of pyridine rings is 1. The molecule has 2 aromatic carbocycles. The second-order valence-electron chi connectivity index (χ2n) is 6.13. The largest absolute Gasteiger partial charge is 0.497 e. The third-order valence-corrected chi connectivity index (χ3v) is 5.48. The summed E-state index contributed by atoms with van der Waals surface area (Å²) in [6.45, 7) is 2.41. The molecule has 0 aliphatic heterocycles. The number of hydrogen-bond acceptors (Lipinski definition) is 6. The fourth-order valence-electron chi connectivity index (χ4n) is 3.01. The van der Waals surface area contributed by atoms with E-state index in [4.69, 9.17) is 15.2 Å². The van der Waals surface area contributed by atoms with Crippen LogP contribution in [-0.2, 0) is 0 Å². The van der Waals surface area contributed by atoms with Gasteiger partial charge in [0.15, 0.2) is 0 Å². The normalized spacial score (nSPS) is 10.9. The Hall–Kier alpha value is -3.32. The number of methoxy groups -OCH3 is 1. The van der Waals surface area contributed by atoms with Crippen LogP contribution in [0.5, 0.6) is 11.5 Å². The molecule has 142 valence electrons. The molecule has 0 fully saturated rings. The van der Waals surface area contributed by atoms with Gasteiger partial charge in [-0.05, 0) is 43.3 Å². The summed E-state index contributed by atoms with van der Waals surface area (Å²) < 4.78 is 10.8. The van der Waals surface area contributed by atoms with Crippen molar-refractivity contribution in [3.63, 3.8) is 0 Å². The van der Waals surface area contributed by atoms with Crippen molar-refractivity contribution in [3.8, 4) is 11.5 Å². The third-order valence-electron chi connectivity index (χ3n) is 4.36. The number of carbonyl (C=O) groups is 1. The Labute approximate surface area is 165 Å². The lowest BCUT2D eigenvalue weighted by molar-refractivity contribution is 0.103. The average molecular weight is 393 g/mol. The first-order chi connectivity index (χ1) is 13.6. The van der Waals surface area contributed by atoms with E-state index in [0.29, 0.717) is 28.6 Å². The number of nitrogens with zero attached hydrogens (tertiary/aromatic N) is 1. The van der Waals surface area contributed by atoms with Gasteiger partial charge in [0.25, 0.3) is 5.91 Å². The van der Waals surface area contributed by atoms with Crippen LogP contribution in [0.1, 0.15) is 16.6 Å². The van der Waals surface area contributed by atoms with Crippen molar-refractivity contribution in [3.05, 3.63) is 53.4 Å². The number of benzene rings is 2. The number of nitrogens with one attached hydrogen (secondary N) is 1. The highest BCUT2D eigenvalue weighted by Crippen LogP contribution is 2.36. The summed E-state index contributed by atoms with van der Waals surface area (Å²) >= 11 is 1.28. The van der Waals surface area contributed by atoms with Gasteiger partial charge in [-0.25, -0.2) is 4.98 Å². The summed E-state index contributed by atoms with van der Waals surface area (Å²) in [6, 6.07) is 14.9. The number of ether oxygens (including phenoxy) is 2. The Morgan fingerprint density at radius 3 is 2.82 bits per heavy atom. The zero-order chi connectivity index (χ0) is 19.7. The van der Waals surface area contributed by atoms with Crippen LogP contribution in [0.2, 0.25) is 0 Å². The maximum Gasteiger partial charge on any atom is 0.268 e. The molecule has 2 aromatic heterocycles. The summed E-state index contributed by atoms with van der Waals surface area (Å²) in [5, 5.41) is 4.56. The van der Waals surface area contributed by atoms with E-state index in [2.05, 4.69) is 10.3 Å². The standard InChI is InChI=1S/C21H19N3O3S/c1-3-27-17-7-5-4-6-16(17)23-20(25)19-18(22)14-11-12-10-13(26-2)8-9-15(12)24-21(14)28-19/h4-11H,3,22H2,1-2H3,(H,23,25). The van der Waals surface area contributed by atoms with Crippen LogP contribution in [-0.4, -0.2) is 24.6 Å². The second kappa shape index (κ2) is 7.36. The molecule has 4 rings (SSSR count). The molecule has 6 nitrogen and oxygen atoms in total. The molecule has 0 saturated heterocycles. The molecule has 0 saturated carbocycles. The molecular weight excluding hydrogens is 374 g/mol. The third kappa shape index (κ3) is 3.20. The number of rotatable bonds is 5. The summed E-state index contributed by atoms with van der Waals surface area (Å²) in [5.41, 5.74) is 8.15. The molecule has 0 atom stereocenters. The number of nitrogen functional groups attached to an aromatic ring is 1. The zero-order valence-corrected chi connectivity index (χ0v) is 16.3. The predicted molar refractivity (Wildman–Crippen MR) is 114 cm³/mol. The van der Waals surface area contributed by atoms with E-state index in [1.54, 1.807) is 13.2 Å². The number of para-hydroxylation sites is 2. The molecular formula is C21H19N3O3S. The lowest BCUT2D eigenvalue weighted by atomic mass is 10.1. The Kier molecular flexibility index (Phi) is 4.75. The first kappa shape index (κ1) is 18.1. The number of amides is 1. The number of thiophene rings is 1. The van der Waals surface area contributed by atoms with Crippen LogP contribution >= 0.6 is 11.3 Å². The molecule has 0 radical (unpaired) electrons. The fourth-order valence-corrected chi connectivity index (χ4v) is 3.99. The fraction of sp³-hybridized carbons (Fsp3) is 0.143. The second-order valence-corrected chi connectivity index (χ2v) is 7.13. The van der Waals surface area contributed by atoms with Crippen molar-refractivity contribution in [2.75, 3.05) is 24.8 Å². The minimum atomic E-state index is -0.283. The van der Waals surface area contributed by atoms with Crippen molar-refractivity contribution in [2.45, 2.75) is 6.92 Å². The van der Waals surface area contributed by atoms with Crippen molar-refractivity contribution in [1.82, 2.24) is 4.98 Å². The number of nitrogens with two attached hydrogens (primary N) is 1. The highest BCUT2D eigenvalue weighted by atomic mass is 32.1. The summed E-state index contributed by atoms with van der Waals surface area (Å²) in [4.78, 5) is 18.7. The smallest absolute Gasteiger partial charge is 0.268 e. The number of aromatic nitrogens is 1. The van der Waals surface area contributed by atoms with E-state index < -0.39 is 0 Å². The van der Waals surface area contributed by atoms with Crippen LogP contribution in [0.15, 0.2) is 48.5 Å². The van der Waals surface area contributed by atoms with Gasteiger partial charge >= 0.3 is 0 Å². The van der Waals surface area contributed by atoms with Crippen LogP contribution in [0, 0.1) is 0 Å². The van der Waals surface area contributed by atoms with Gasteiger partial charge < -0.3 is 20.5 Å². The van der Waals surface area contributed by atoms with Gasteiger partial charge in [-0.2, -0.15) is 0 Å². The van der Waals surface area contributed by atoms with Crippen molar-refractivity contribution in [1.29, 1.82) is 0 Å². The number of carbonyl (C=O) groups excluding carboxylic acids is 1. The molecule has 0 aliphatic rings. The molecule has 2 heterocycles. The van der Waals surface area contributed by atoms with E-state index in [0.717, 1.165) is 26.9 Å². The van der Waals surface area contributed by atoms with Crippen molar-refractivity contribution in [2.24, 2.45) is 0 Å². The summed E-state index contributed by atoms with van der Waals surface area (Å²) in [6.07, 6.45) is 0. The van der Waals surface area contributed by atoms with E-state index in [1.807, 2.05) is 49.4 Å². The van der Waals surface area contributed by atoms with Gasteiger partial charge in [0.2, 0.25) is 0 Å². The van der Waals surface area contributed by atoms with Crippen LogP contribution in [0.4, 0.5) is 11.4 Å². The first-order valence-corrected chi connectivity index (χ1v) is 9.62. The minimum Gasteiger partial charge on any atom is -0.497 e. The lowest BCUT2D eigenvalue weighted by Gasteiger charge is -2.10. The Bertz CT molecular complexity index is 1190. The van der Waals surface area contributed by atoms with Gasteiger partial charge in [-0.1, -0.05) is 12.1 Å². The monoisotopic (exact) mass is 393 g/mol. The molecule has 0 spiro atoms. The van der Waals surface area contributed by atoms with Crippen molar-refractivity contribution < 1.29 is 14.3 Å². The number of fused-ring (bicyclic) bond motifs is 2. The number of anilines is 2. The topological polar surface area (TPSA) is 86.5 Å². The van der Waals surface area contributed by atoms with E-state index in [-0.39, 0.29) is 5.91 Å². The Balaban J connectivity index is 1.73. The van der Waals surface area contributed by atoms with Crippen molar-refractivity contribution >= 4 is 49.7 Å². The average Bonchev–Trinajstić information content (AvgIpc) is 3.03. The maximum atomic E-state index is 12.9. The molecule has 4 aromatic rings. The Morgan fingerprint density at radius 1 is 1.21 bits per heavy atom. The lowest BCUT2D eigenvalue weighted by Crippen LogP contribution is -2.13. The van der Waals surface area contributed by atoms with E-state index in [1.165, 1.54) is 11.3 Å². The van der Waals surface area contributed by atoms with Gasteiger partial charge in [-0.15, -0.1) is 11.3 Å². The predicted octanol–water partition coefficient (Wildman–Crippen LogP) is 4.69. The molecule has 0 bridgehead atoms. The number of hydrogen-bond donors (Lipinski definition) is 2. The van der Waals surface area contributed by atoms with E-state index in [9.17, 15) is 4.79 Å². The van der Waals surface area contributed by atoms with Gasteiger partial charge in [0.1, 0.15) is 21.2 Å². The molecule has 28 heavy (non-hydrogen) atoms. The maximum absolute atomic E-state index is 12.9. The van der Waals surface area contributed by atoms with E-state index >= 15 is 0 Å². The molecule has 3 N–H and O–H groups in total. The zero-order valence-electron chi connectivity index (χ0n) is 15.5. The van der Waals surface area contributed by atoms with Crippen LogP contribution in [0.3, 0.4) is 0 Å². The molecule has 0 aliphatic carbocycles. The Morgan fingerprint density at radius 2 is 2.04 bits per heavy atom. The van der Waals surface area contributed by atoms with Gasteiger partial charge in [0, 0.05) is 10.8 Å². The first-order valence-electron chi connectivity index (χ1n) is 8.80. The van der Waals surface area contributed by atoms with Gasteiger partial charge in [-0.3, -0.25) is 4.79 Å². The SMILES string of the molecule is CCOc1ccccc1NC(=O)c1sc2nc3ccc(OC)cc3cc2c1N. The minimum absolute atomic E-state index is 0.283. The molecule has 7 heteroatoms. The van der Waals surface area contributed by atoms with Gasteiger partial charge in [0.05, 0.1) is 30.6 Å². The van der Waals surface area contributed by atoms with Crippen LogP contribution in [0.25, 0.3) is 21.1 Å². The highest BCUT2D eigenvalue weighted by molar-refractivity contribution is 7.21. The summed E-state index contributed by atoms with van der Waals surface area (Å²) in [5.74, 6) is 1.08. The molecule has 0 unspecified atom stereocenters. The highest BCUT2D eigenvalue weighted by Gasteiger charge is 2.19. The van der Waals surface area contributed by atoms with Crippen LogP contribution < -0.4 is 20.5 Å². The summed E-state index contributed by atoms with van der Waals surface area (Å²) in [7, 11) is 1.62. The molecule has 1 amide bonds. The quantitative estimate of drug-likeness (QED) is 0.514.